The van der Waals surface area contributed by atoms with Gasteiger partial charge in [-0.05, 0) is 30.5 Å². The Morgan fingerprint density at radius 3 is 2.70 bits per heavy atom. The zero-order valence-electron chi connectivity index (χ0n) is 11.4. The van der Waals surface area contributed by atoms with Crippen molar-refractivity contribution in [1.82, 2.24) is 0 Å². The highest BCUT2D eigenvalue weighted by Gasteiger charge is 2.35. The molecule has 0 aromatic heterocycles. The van der Waals surface area contributed by atoms with Crippen molar-refractivity contribution in [2.45, 2.75) is 31.7 Å². The van der Waals surface area contributed by atoms with Gasteiger partial charge in [0.05, 0.1) is 11.7 Å². The van der Waals surface area contributed by atoms with Gasteiger partial charge in [-0.3, -0.25) is 0 Å². The zero-order valence-corrected chi connectivity index (χ0v) is 11.4. The van der Waals surface area contributed by atoms with Crippen LogP contribution in [0.1, 0.15) is 24.0 Å². The van der Waals surface area contributed by atoms with Gasteiger partial charge in [-0.2, -0.15) is 13.2 Å². The van der Waals surface area contributed by atoms with E-state index in [4.69, 9.17) is 10.5 Å². The number of nitrogens with zero attached hydrogens (tertiary/aromatic N) is 1. The van der Waals surface area contributed by atoms with Gasteiger partial charge in [-0.15, -0.1) is 0 Å². The van der Waals surface area contributed by atoms with E-state index in [2.05, 4.69) is 0 Å². The Morgan fingerprint density at radius 2 is 2.15 bits per heavy atom. The summed E-state index contributed by atoms with van der Waals surface area (Å²) in [6.07, 6.45) is -2.51. The van der Waals surface area contributed by atoms with Crippen LogP contribution in [-0.2, 0) is 17.5 Å². The van der Waals surface area contributed by atoms with Crippen molar-refractivity contribution in [2.75, 3.05) is 25.1 Å². The van der Waals surface area contributed by atoms with Crippen LogP contribution in [0.2, 0.25) is 0 Å². The molecule has 0 saturated carbocycles. The number of hydrogen-bond acceptors (Lipinski definition) is 3. The molecule has 2 rings (SSSR count). The number of ether oxygens (including phenoxy) is 1. The van der Waals surface area contributed by atoms with Gasteiger partial charge < -0.3 is 15.4 Å². The number of hydrogen-bond donors (Lipinski definition) is 1. The van der Waals surface area contributed by atoms with Crippen molar-refractivity contribution < 1.29 is 17.9 Å². The number of benzene rings is 1. The molecule has 6 heteroatoms. The molecule has 1 aromatic rings. The molecule has 1 aliphatic rings. The summed E-state index contributed by atoms with van der Waals surface area (Å²) in [6, 6.07) is 4.25. The van der Waals surface area contributed by atoms with Crippen molar-refractivity contribution in [3.63, 3.8) is 0 Å². The topological polar surface area (TPSA) is 38.5 Å². The molecule has 1 heterocycles. The van der Waals surface area contributed by atoms with Gasteiger partial charge in [-0.1, -0.05) is 6.07 Å². The normalized spacial score (nSPS) is 19.4. The lowest BCUT2D eigenvalue weighted by Gasteiger charge is -2.26. The second-order valence-corrected chi connectivity index (χ2v) is 5.07. The first-order valence-electron chi connectivity index (χ1n) is 6.64. The molecule has 1 fully saturated rings. The summed E-state index contributed by atoms with van der Waals surface area (Å²) in [4.78, 5) is 1.61. The van der Waals surface area contributed by atoms with Crippen LogP contribution < -0.4 is 10.6 Å². The maximum absolute atomic E-state index is 13.1. The third-order valence-corrected chi connectivity index (χ3v) is 3.51. The van der Waals surface area contributed by atoms with E-state index in [1.165, 1.54) is 6.07 Å². The molecule has 1 saturated heterocycles. The van der Waals surface area contributed by atoms with Crippen LogP contribution in [0.4, 0.5) is 18.9 Å². The van der Waals surface area contributed by atoms with Gasteiger partial charge in [0.2, 0.25) is 0 Å². The van der Waals surface area contributed by atoms with Gasteiger partial charge in [0.1, 0.15) is 0 Å². The summed E-state index contributed by atoms with van der Waals surface area (Å²) >= 11 is 0. The first kappa shape index (κ1) is 15.1. The van der Waals surface area contributed by atoms with Crippen molar-refractivity contribution in [3.8, 4) is 0 Å². The average Bonchev–Trinajstić information content (AvgIpc) is 2.89. The van der Waals surface area contributed by atoms with Gasteiger partial charge in [-0.25, -0.2) is 0 Å². The van der Waals surface area contributed by atoms with Gasteiger partial charge >= 0.3 is 6.18 Å². The fourth-order valence-electron chi connectivity index (χ4n) is 2.46. The summed E-state index contributed by atoms with van der Waals surface area (Å²) in [5.74, 6) is 0. The summed E-state index contributed by atoms with van der Waals surface area (Å²) in [5.41, 5.74) is 5.43. The standard InChI is InChI=1S/C14H19F3N2O/c1-19(9-11-3-2-6-20-11)13-5-4-10(8-18)7-12(13)14(15,16)17/h4-5,7,11H,2-3,6,8-9,18H2,1H3. The number of likely N-dealkylation sites (N-methyl/N-ethyl adjacent to an activating group) is 1. The largest absolute Gasteiger partial charge is 0.418 e. The number of nitrogens with two attached hydrogens (primary N) is 1. The van der Waals surface area contributed by atoms with E-state index < -0.39 is 11.7 Å². The lowest BCUT2D eigenvalue weighted by Crippen LogP contribution is -2.30. The van der Waals surface area contributed by atoms with E-state index in [-0.39, 0.29) is 18.3 Å². The Morgan fingerprint density at radius 1 is 1.40 bits per heavy atom. The van der Waals surface area contributed by atoms with Gasteiger partial charge in [0.15, 0.2) is 0 Å². The Bertz CT molecular complexity index is 456. The minimum absolute atomic E-state index is 0.00951. The van der Waals surface area contributed by atoms with Gasteiger partial charge in [0, 0.05) is 32.4 Å². The molecule has 3 nitrogen and oxygen atoms in total. The molecule has 1 unspecified atom stereocenters. The molecule has 2 N–H and O–H groups in total. The smallest absolute Gasteiger partial charge is 0.376 e. The molecule has 0 radical (unpaired) electrons. The van der Waals surface area contributed by atoms with Crippen LogP contribution in [0, 0.1) is 0 Å². The molecule has 0 amide bonds. The molecular formula is C14H19F3N2O. The SMILES string of the molecule is CN(CC1CCCO1)c1ccc(CN)cc1C(F)(F)F. The van der Waals surface area contributed by atoms with Crippen molar-refractivity contribution >= 4 is 5.69 Å². The summed E-state index contributed by atoms with van der Waals surface area (Å²) < 4.78 is 44.9. The Balaban J connectivity index is 2.24. The summed E-state index contributed by atoms with van der Waals surface area (Å²) in [6.45, 7) is 1.25. The lowest BCUT2D eigenvalue weighted by atomic mass is 10.1. The van der Waals surface area contributed by atoms with Crippen LogP contribution in [0.25, 0.3) is 0 Å². The highest BCUT2D eigenvalue weighted by atomic mass is 19.4. The van der Waals surface area contributed by atoms with Crippen molar-refractivity contribution in [2.24, 2.45) is 5.73 Å². The van der Waals surface area contributed by atoms with E-state index in [9.17, 15) is 13.2 Å². The average molecular weight is 288 g/mol. The van der Waals surface area contributed by atoms with E-state index in [0.717, 1.165) is 18.9 Å². The summed E-state index contributed by atoms with van der Waals surface area (Å²) in [7, 11) is 1.66. The van der Waals surface area contributed by atoms with Crippen LogP contribution in [0.3, 0.4) is 0 Å². The predicted octanol–water partition coefficient (Wildman–Crippen LogP) is 2.78. The monoisotopic (exact) mass is 288 g/mol. The second-order valence-electron chi connectivity index (χ2n) is 5.07. The number of halogens is 3. The highest BCUT2D eigenvalue weighted by molar-refractivity contribution is 5.56. The maximum atomic E-state index is 13.1. The molecular weight excluding hydrogens is 269 g/mol. The first-order chi connectivity index (χ1) is 9.41. The zero-order chi connectivity index (χ0) is 14.8. The molecule has 0 bridgehead atoms. The van der Waals surface area contributed by atoms with Crippen molar-refractivity contribution in [1.29, 1.82) is 0 Å². The Kier molecular flexibility index (Phi) is 4.55. The molecule has 1 aromatic carbocycles. The number of alkyl halides is 3. The van der Waals surface area contributed by atoms with Crippen molar-refractivity contribution in [3.05, 3.63) is 29.3 Å². The number of anilines is 1. The van der Waals surface area contributed by atoms with Crippen LogP contribution in [-0.4, -0.2) is 26.3 Å². The van der Waals surface area contributed by atoms with Crippen LogP contribution in [0.5, 0.6) is 0 Å². The summed E-state index contributed by atoms with van der Waals surface area (Å²) in [5, 5.41) is 0. The first-order valence-corrected chi connectivity index (χ1v) is 6.64. The lowest BCUT2D eigenvalue weighted by molar-refractivity contribution is -0.137. The highest BCUT2D eigenvalue weighted by Crippen LogP contribution is 2.37. The number of rotatable bonds is 4. The fourth-order valence-corrected chi connectivity index (χ4v) is 2.46. The van der Waals surface area contributed by atoms with E-state index >= 15 is 0 Å². The van der Waals surface area contributed by atoms with Gasteiger partial charge in [0.25, 0.3) is 0 Å². The fraction of sp³-hybridized carbons (Fsp3) is 0.571. The third kappa shape index (κ3) is 3.43. The molecule has 1 aliphatic heterocycles. The molecule has 112 valence electrons. The molecule has 0 aliphatic carbocycles. The second kappa shape index (κ2) is 6.01. The molecule has 0 spiro atoms. The van der Waals surface area contributed by atoms with E-state index in [1.54, 1.807) is 18.0 Å². The quantitative estimate of drug-likeness (QED) is 0.926. The minimum atomic E-state index is -4.38. The molecule has 1 atom stereocenters. The van der Waals surface area contributed by atoms with E-state index in [1.807, 2.05) is 0 Å². The maximum Gasteiger partial charge on any atom is 0.418 e. The minimum Gasteiger partial charge on any atom is -0.376 e. The predicted molar refractivity (Wildman–Crippen MR) is 71.6 cm³/mol. The molecule has 20 heavy (non-hydrogen) atoms. The Hall–Kier alpha value is -1.27. The third-order valence-electron chi connectivity index (χ3n) is 3.51. The van der Waals surface area contributed by atoms with Crippen LogP contribution in [0.15, 0.2) is 18.2 Å². The van der Waals surface area contributed by atoms with E-state index in [0.29, 0.717) is 18.7 Å². The van der Waals surface area contributed by atoms with Crippen LogP contribution >= 0.6 is 0 Å². The Labute approximate surface area is 116 Å².